The zero-order chi connectivity index (χ0) is 13.2. The Morgan fingerprint density at radius 1 is 1.33 bits per heavy atom. The Morgan fingerprint density at radius 2 is 2.00 bits per heavy atom. The van der Waals surface area contributed by atoms with Crippen molar-refractivity contribution >= 4 is 17.6 Å². The fraction of sp³-hybridized carbons (Fsp3) is 0.385. The van der Waals surface area contributed by atoms with Crippen LogP contribution in [0.1, 0.15) is 25.7 Å². The Kier molecular flexibility index (Phi) is 3.32. The van der Waals surface area contributed by atoms with Crippen LogP contribution in [0.15, 0.2) is 24.3 Å². The average molecular weight is 251 g/mol. The number of carboxylic acids is 1. The lowest BCUT2D eigenvalue weighted by Crippen LogP contribution is -2.41. The number of carbonyl (C=O) groups excluding carboxylic acids is 1. The summed E-state index contributed by atoms with van der Waals surface area (Å²) in [7, 11) is 0. The van der Waals surface area contributed by atoms with Crippen LogP contribution >= 0.6 is 0 Å². The SMILES string of the molecule is O=C(CC1(C(=O)O)CCC1)Nc1ccccc1F. The Hall–Kier alpha value is -1.91. The molecule has 1 aliphatic carbocycles. The first-order valence-corrected chi connectivity index (χ1v) is 5.81. The quantitative estimate of drug-likeness (QED) is 0.863. The minimum atomic E-state index is -0.949. The number of carbonyl (C=O) groups is 2. The molecule has 1 aromatic rings. The lowest BCUT2D eigenvalue weighted by Gasteiger charge is -2.36. The fourth-order valence-corrected chi connectivity index (χ4v) is 2.13. The number of hydrogen-bond donors (Lipinski definition) is 2. The van der Waals surface area contributed by atoms with Crippen molar-refractivity contribution in [3.8, 4) is 0 Å². The molecule has 0 heterocycles. The van der Waals surface area contributed by atoms with E-state index in [0.29, 0.717) is 12.8 Å². The number of benzene rings is 1. The molecule has 2 rings (SSSR count). The van der Waals surface area contributed by atoms with Crippen molar-refractivity contribution in [3.05, 3.63) is 30.1 Å². The molecule has 5 heteroatoms. The van der Waals surface area contributed by atoms with Crippen molar-refractivity contribution in [2.45, 2.75) is 25.7 Å². The van der Waals surface area contributed by atoms with Gasteiger partial charge in [-0.15, -0.1) is 0 Å². The molecule has 1 aromatic carbocycles. The van der Waals surface area contributed by atoms with Gasteiger partial charge in [0, 0.05) is 6.42 Å². The predicted octanol–water partition coefficient (Wildman–Crippen LogP) is 2.41. The summed E-state index contributed by atoms with van der Waals surface area (Å²) >= 11 is 0. The van der Waals surface area contributed by atoms with Crippen molar-refractivity contribution in [1.82, 2.24) is 0 Å². The highest BCUT2D eigenvalue weighted by molar-refractivity contribution is 5.94. The van der Waals surface area contributed by atoms with E-state index in [1.165, 1.54) is 18.2 Å². The number of halogens is 1. The number of nitrogens with one attached hydrogen (secondary N) is 1. The standard InChI is InChI=1S/C13H14FNO3/c14-9-4-1-2-5-10(9)15-11(16)8-13(12(17)18)6-3-7-13/h1-2,4-5H,3,6-8H2,(H,15,16)(H,17,18). The Bertz CT molecular complexity index is 483. The van der Waals surface area contributed by atoms with Crippen molar-refractivity contribution in [3.63, 3.8) is 0 Å². The number of para-hydroxylation sites is 1. The molecule has 0 bridgehead atoms. The third-order valence-electron chi connectivity index (χ3n) is 3.41. The highest BCUT2D eigenvalue weighted by Crippen LogP contribution is 2.44. The zero-order valence-corrected chi connectivity index (χ0v) is 9.78. The number of anilines is 1. The van der Waals surface area contributed by atoms with Crippen LogP contribution in [0, 0.1) is 11.2 Å². The maximum absolute atomic E-state index is 13.3. The number of aliphatic carboxylic acids is 1. The molecule has 1 saturated carbocycles. The Balaban J connectivity index is 2.01. The summed E-state index contributed by atoms with van der Waals surface area (Å²) in [5, 5.41) is 11.5. The Morgan fingerprint density at radius 3 is 2.50 bits per heavy atom. The van der Waals surface area contributed by atoms with E-state index >= 15 is 0 Å². The monoisotopic (exact) mass is 251 g/mol. The summed E-state index contributed by atoms with van der Waals surface area (Å²) in [5.74, 6) is -1.93. The summed E-state index contributed by atoms with van der Waals surface area (Å²) in [5.41, 5.74) is -0.864. The van der Waals surface area contributed by atoms with Gasteiger partial charge >= 0.3 is 5.97 Å². The van der Waals surface area contributed by atoms with Crippen molar-refractivity contribution in [1.29, 1.82) is 0 Å². The van der Waals surface area contributed by atoms with E-state index in [1.54, 1.807) is 6.07 Å². The van der Waals surface area contributed by atoms with Crippen LogP contribution in [0.2, 0.25) is 0 Å². The van der Waals surface area contributed by atoms with Crippen LogP contribution in [-0.4, -0.2) is 17.0 Å². The molecule has 0 aromatic heterocycles. The molecule has 0 aliphatic heterocycles. The third-order valence-corrected chi connectivity index (χ3v) is 3.41. The maximum atomic E-state index is 13.3. The van der Waals surface area contributed by atoms with E-state index in [0.717, 1.165) is 6.42 Å². The first-order chi connectivity index (χ1) is 8.53. The topological polar surface area (TPSA) is 66.4 Å². The van der Waals surface area contributed by atoms with Gasteiger partial charge < -0.3 is 10.4 Å². The van der Waals surface area contributed by atoms with Gasteiger partial charge in [0.1, 0.15) is 5.82 Å². The van der Waals surface area contributed by atoms with Gasteiger partial charge in [-0.1, -0.05) is 18.6 Å². The van der Waals surface area contributed by atoms with Gasteiger partial charge in [0.05, 0.1) is 11.1 Å². The highest BCUT2D eigenvalue weighted by atomic mass is 19.1. The average Bonchev–Trinajstić information content (AvgIpc) is 2.26. The molecule has 4 nitrogen and oxygen atoms in total. The smallest absolute Gasteiger partial charge is 0.310 e. The van der Waals surface area contributed by atoms with E-state index in [9.17, 15) is 14.0 Å². The second-order valence-electron chi connectivity index (χ2n) is 4.64. The minimum Gasteiger partial charge on any atom is -0.481 e. The summed E-state index contributed by atoms with van der Waals surface area (Å²) in [4.78, 5) is 22.8. The normalized spacial score (nSPS) is 16.7. The second-order valence-corrected chi connectivity index (χ2v) is 4.64. The number of amides is 1. The van der Waals surface area contributed by atoms with Crippen LogP contribution in [0.5, 0.6) is 0 Å². The predicted molar refractivity (Wildman–Crippen MR) is 63.6 cm³/mol. The zero-order valence-electron chi connectivity index (χ0n) is 9.78. The molecular formula is C13H14FNO3. The van der Waals surface area contributed by atoms with Crippen molar-refractivity contribution in [2.24, 2.45) is 5.41 Å². The molecule has 0 atom stereocenters. The third kappa shape index (κ3) is 2.34. The molecule has 0 radical (unpaired) electrons. The van der Waals surface area contributed by atoms with E-state index in [2.05, 4.69) is 5.32 Å². The maximum Gasteiger partial charge on any atom is 0.310 e. The second kappa shape index (κ2) is 4.76. The molecule has 0 saturated heterocycles. The van der Waals surface area contributed by atoms with Crippen molar-refractivity contribution < 1.29 is 19.1 Å². The van der Waals surface area contributed by atoms with Crippen molar-refractivity contribution in [2.75, 3.05) is 5.32 Å². The minimum absolute atomic E-state index is 0.0855. The Labute approximate surface area is 104 Å². The molecule has 1 aliphatic rings. The van der Waals surface area contributed by atoms with Gasteiger partial charge in [-0.05, 0) is 25.0 Å². The summed E-state index contributed by atoms with van der Waals surface area (Å²) in [6.07, 6.45) is 1.73. The van der Waals surface area contributed by atoms with Gasteiger partial charge in [-0.2, -0.15) is 0 Å². The van der Waals surface area contributed by atoms with Crippen LogP contribution < -0.4 is 5.32 Å². The van der Waals surface area contributed by atoms with Gasteiger partial charge in [-0.3, -0.25) is 9.59 Å². The number of rotatable bonds is 4. The van der Waals surface area contributed by atoms with Crippen LogP contribution in [0.25, 0.3) is 0 Å². The van der Waals surface area contributed by atoms with E-state index in [1.807, 2.05) is 0 Å². The van der Waals surface area contributed by atoms with Gasteiger partial charge in [0.2, 0.25) is 5.91 Å². The molecule has 2 N–H and O–H groups in total. The van der Waals surface area contributed by atoms with Gasteiger partial charge in [-0.25, -0.2) is 4.39 Å². The van der Waals surface area contributed by atoms with Crippen LogP contribution in [0.4, 0.5) is 10.1 Å². The molecule has 1 fully saturated rings. The lowest BCUT2D eigenvalue weighted by atomic mass is 9.66. The summed E-state index contributed by atoms with van der Waals surface area (Å²) in [6, 6.07) is 5.82. The highest BCUT2D eigenvalue weighted by Gasteiger charge is 2.45. The number of carboxylic acid groups (broad SMARTS) is 1. The first-order valence-electron chi connectivity index (χ1n) is 5.81. The van der Waals surface area contributed by atoms with E-state index in [4.69, 9.17) is 5.11 Å². The molecule has 0 spiro atoms. The van der Waals surface area contributed by atoms with Crippen LogP contribution in [0.3, 0.4) is 0 Å². The van der Waals surface area contributed by atoms with Gasteiger partial charge in [0.25, 0.3) is 0 Å². The molecule has 96 valence electrons. The molecular weight excluding hydrogens is 237 g/mol. The summed E-state index contributed by atoms with van der Waals surface area (Å²) < 4.78 is 13.3. The summed E-state index contributed by atoms with van der Waals surface area (Å²) in [6.45, 7) is 0. The first kappa shape index (κ1) is 12.5. The van der Waals surface area contributed by atoms with E-state index in [-0.39, 0.29) is 12.1 Å². The number of hydrogen-bond acceptors (Lipinski definition) is 2. The molecule has 18 heavy (non-hydrogen) atoms. The van der Waals surface area contributed by atoms with Gasteiger partial charge in [0.15, 0.2) is 0 Å². The fourth-order valence-electron chi connectivity index (χ4n) is 2.13. The molecule has 1 amide bonds. The lowest BCUT2D eigenvalue weighted by molar-refractivity contribution is -0.157. The van der Waals surface area contributed by atoms with E-state index < -0.39 is 23.1 Å². The van der Waals surface area contributed by atoms with Crippen LogP contribution in [-0.2, 0) is 9.59 Å². The largest absolute Gasteiger partial charge is 0.481 e. The molecule has 0 unspecified atom stereocenters.